The summed E-state index contributed by atoms with van der Waals surface area (Å²) in [6.45, 7) is 6.95. The minimum atomic E-state index is 0.373. The van der Waals surface area contributed by atoms with Crippen LogP contribution in [0.4, 0.5) is 0 Å². The first kappa shape index (κ1) is 8.94. The van der Waals surface area contributed by atoms with Gasteiger partial charge in [0.1, 0.15) is 5.78 Å². The highest BCUT2D eigenvalue weighted by molar-refractivity contribution is 5.86. The molecule has 4 atom stereocenters. The molecular formula is C13H20O. The van der Waals surface area contributed by atoms with Crippen molar-refractivity contribution in [1.29, 1.82) is 0 Å². The second-order valence-electron chi connectivity index (χ2n) is 6.38. The van der Waals surface area contributed by atoms with Gasteiger partial charge < -0.3 is 0 Å². The topological polar surface area (TPSA) is 17.1 Å². The minimum absolute atomic E-state index is 0.373. The van der Waals surface area contributed by atoms with Crippen LogP contribution in [0.25, 0.3) is 0 Å². The predicted molar refractivity (Wildman–Crippen MR) is 55.8 cm³/mol. The van der Waals surface area contributed by atoms with Gasteiger partial charge in [0.25, 0.3) is 0 Å². The van der Waals surface area contributed by atoms with Crippen LogP contribution in [0.2, 0.25) is 0 Å². The maximum atomic E-state index is 11.8. The van der Waals surface area contributed by atoms with Crippen molar-refractivity contribution in [2.75, 3.05) is 0 Å². The molecule has 1 heteroatoms. The molecule has 1 nitrogen and oxygen atoms in total. The van der Waals surface area contributed by atoms with E-state index in [2.05, 4.69) is 20.8 Å². The molecule has 0 aromatic rings. The fourth-order valence-corrected chi connectivity index (χ4v) is 4.87. The molecule has 3 fully saturated rings. The molecular weight excluding hydrogens is 172 g/mol. The molecule has 3 aliphatic rings. The molecule has 0 aliphatic heterocycles. The van der Waals surface area contributed by atoms with Gasteiger partial charge in [0.05, 0.1) is 0 Å². The summed E-state index contributed by atoms with van der Waals surface area (Å²) in [7, 11) is 0. The zero-order chi connectivity index (χ0) is 10.1. The molecule has 0 saturated heterocycles. The summed E-state index contributed by atoms with van der Waals surface area (Å²) < 4.78 is 0. The summed E-state index contributed by atoms with van der Waals surface area (Å²) in [5.74, 6) is 2.57. The van der Waals surface area contributed by atoms with Crippen LogP contribution in [0.1, 0.15) is 46.5 Å². The van der Waals surface area contributed by atoms with E-state index in [1.807, 2.05) is 0 Å². The van der Waals surface area contributed by atoms with Gasteiger partial charge in [-0.2, -0.15) is 0 Å². The first-order chi connectivity index (χ1) is 6.51. The summed E-state index contributed by atoms with van der Waals surface area (Å²) in [5, 5.41) is 0. The second kappa shape index (κ2) is 2.25. The van der Waals surface area contributed by atoms with E-state index in [4.69, 9.17) is 0 Å². The van der Waals surface area contributed by atoms with Crippen LogP contribution >= 0.6 is 0 Å². The Kier molecular flexibility index (Phi) is 1.44. The van der Waals surface area contributed by atoms with Crippen LogP contribution in [0.5, 0.6) is 0 Å². The molecule has 0 bridgehead atoms. The van der Waals surface area contributed by atoms with Crippen LogP contribution in [0.15, 0.2) is 0 Å². The Balaban J connectivity index is 2.01. The number of Topliss-reactive ketones (excluding diaryl/α,β-unsaturated/α-hetero) is 1. The first-order valence-corrected chi connectivity index (χ1v) is 6.03. The van der Waals surface area contributed by atoms with E-state index in [1.54, 1.807) is 0 Å². The molecule has 78 valence electrons. The Hall–Kier alpha value is -0.330. The Labute approximate surface area is 86.3 Å². The number of hydrogen-bond donors (Lipinski definition) is 0. The average molecular weight is 192 g/mol. The van der Waals surface area contributed by atoms with Crippen molar-refractivity contribution in [3.63, 3.8) is 0 Å². The molecule has 0 N–H and O–H groups in total. The molecule has 14 heavy (non-hydrogen) atoms. The van der Waals surface area contributed by atoms with Crippen molar-refractivity contribution in [3.8, 4) is 0 Å². The summed E-state index contributed by atoms with van der Waals surface area (Å²) >= 11 is 0. The highest BCUT2D eigenvalue weighted by Crippen LogP contribution is 2.80. The van der Waals surface area contributed by atoms with Gasteiger partial charge >= 0.3 is 0 Å². The summed E-state index contributed by atoms with van der Waals surface area (Å²) in [6, 6.07) is 0. The zero-order valence-corrected chi connectivity index (χ0v) is 9.47. The number of ketones is 1. The van der Waals surface area contributed by atoms with E-state index < -0.39 is 0 Å². The monoisotopic (exact) mass is 192 g/mol. The Morgan fingerprint density at radius 3 is 2.79 bits per heavy atom. The van der Waals surface area contributed by atoms with Crippen molar-refractivity contribution >= 4 is 5.78 Å². The third-order valence-corrected chi connectivity index (χ3v) is 5.67. The lowest BCUT2D eigenvalue weighted by atomic mass is 9.66. The molecule has 0 aromatic heterocycles. The van der Waals surface area contributed by atoms with Crippen LogP contribution in [0.3, 0.4) is 0 Å². The number of carbonyl (C=O) groups is 1. The first-order valence-electron chi connectivity index (χ1n) is 6.03. The average Bonchev–Trinajstić information content (AvgIpc) is 2.65. The van der Waals surface area contributed by atoms with Gasteiger partial charge in [-0.1, -0.05) is 27.2 Å². The Morgan fingerprint density at radius 1 is 1.36 bits per heavy atom. The van der Waals surface area contributed by atoms with Crippen LogP contribution in [-0.4, -0.2) is 5.78 Å². The van der Waals surface area contributed by atoms with Gasteiger partial charge in [-0.3, -0.25) is 4.79 Å². The Bertz CT molecular complexity index is 304. The van der Waals surface area contributed by atoms with Crippen molar-refractivity contribution in [2.45, 2.75) is 46.5 Å². The van der Waals surface area contributed by atoms with Crippen LogP contribution in [0, 0.1) is 28.6 Å². The van der Waals surface area contributed by atoms with E-state index in [0.29, 0.717) is 22.5 Å². The van der Waals surface area contributed by atoms with Gasteiger partial charge in [-0.15, -0.1) is 0 Å². The maximum absolute atomic E-state index is 11.8. The predicted octanol–water partition coefficient (Wildman–Crippen LogP) is 3.04. The fourth-order valence-electron chi connectivity index (χ4n) is 4.87. The SMILES string of the molecule is CC1C(=O)C[C@]23C1[C@H]2CCCC3(C)C. The lowest BCUT2D eigenvalue weighted by Gasteiger charge is -2.38. The molecule has 0 aromatic carbocycles. The lowest BCUT2D eigenvalue weighted by molar-refractivity contribution is -0.122. The third-order valence-electron chi connectivity index (χ3n) is 5.67. The van der Waals surface area contributed by atoms with Crippen molar-refractivity contribution in [3.05, 3.63) is 0 Å². The summed E-state index contributed by atoms with van der Waals surface area (Å²) in [4.78, 5) is 11.8. The number of carbonyl (C=O) groups excluding carboxylic acids is 1. The van der Waals surface area contributed by atoms with E-state index in [1.165, 1.54) is 19.3 Å². The van der Waals surface area contributed by atoms with Gasteiger partial charge in [0, 0.05) is 12.3 Å². The highest BCUT2D eigenvalue weighted by atomic mass is 16.1. The molecule has 3 saturated carbocycles. The quantitative estimate of drug-likeness (QED) is 0.576. The lowest BCUT2D eigenvalue weighted by Crippen LogP contribution is -2.31. The van der Waals surface area contributed by atoms with Gasteiger partial charge in [0.2, 0.25) is 0 Å². The van der Waals surface area contributed by atoms with Crippen molar-refractivity contribution in [2.24, 2.45) is 28.6 Å². The van der Waals surface area contributed by atoms with Crippen LogP contribution < -0.4 is 0 Å². The normalized spacial score (nSPS) is 53.9. The molecule has 0 amide bonds. The zero-order valence-electron chi connectivity index (χ0n) is 9.47. The molecule has 3 rings (SSSR count). The van der Waals surface area contributed by atoms with E-state index >= 15 is 0 Å². The van der Waals surface area contributed by atoms with E-state index in [-0.39, 0.29) is 0 Å². The highest BCUT2D eigenvalue weighted by Gasteiger charge is 2.77. The van der Waals surface area contributed by atoms with Gasteiger partial charge in [0.15, 0.2) is 0 Å². The Morgan fingerprint density at radius 2 is 2.07 bits per heavy atom. The third kappa shape index (κ3) is 0.730. The van der Waals surface area contributed by atoms with Crippen LogP contribution in [-0.2, 0) is 4.79 Å². The van der Waals surface area contributed by atoms with Crippen molar-refractivity contribution < 1.29 is 4.79 Å². The number of hydrogen-bond acceptors (Lipinski definition) is 1. The number of fused-ring (bicyclic) bond motifs is 1. The minimum Gasteiger partial charge on any atom is -0.299 e. The molecule has 0 heterocycles. The smallest absolute Gasteiger partial charge is 0.136 e. The molecule has 2 unspecified atom stereocenters. The number of rotatable bonds is 0. The van der Waals surface area contributed by atoms with Gasteiger partial charge in [-0.25, -0.2) is 0 Å². The standard InChI is InChI=1S/C13H20O/c1-8-10(14)7-13-9(11(8)13)5-4-6-12(13,2)3/h8-9,11H,4-7H2,1-3H3/t8?,9-,11?,13-/m1/s1. The summed E-state index contributed by atoms with van der Waals surface area (Å²) in [6.07, 6.45) is 5.01. The molecule has 1 spiro atoms. The fraction of sp³-hybridized carbons (Fsp3) is 0.923. The largest absolute Gasteiger partial charge is 0.299 e. The molecule has 0 radical (unpaired) electrons. The molecule has 3 aliphatic carbocycles. The second-order valence-corrected chi connectivity index (χ2v) is 6.38. The summed E-state index contributed by atoms with van der Waals surface area (Å²) in [5.41, 5.74) is 0.878. The van der Waals surface area contributed by atoms with E-state index in [9.17, 15) is 4.79 Å². The maximum Gasteiger partial charge on any atom is 0.136 e. The van der Waals surface area contributed by atoms with Crippen molar-refractivity contribution in [1.82, 2.24) is 0 Å². The van der Waals surface area contributed by atoms with E-state index in [0.717, 1.165) is 18.3 Å². The van der Waals surface area contributed by atoms with Gasteiger partial charge in [-0.05, 0) is 35.5 Å².